The zero-order valence-electron chi connectivity index (χ0n) is 14.8. The summed E-state index contributed by atoms with van der Waals surface area (Å²) in [6.45, 7) is 2.01. The summed E-state index contributed by atoms with van der Waals surface area (Å²) in [5.41, 5.74) is 2.55. The third-order valence-electron chi connectivity index (χ3n) is 5.40. The number of rotatable bonds is 5. The number of amides is 4. The van der Waals surface area contributed by atoms with E-state index in [0.29, 0.717) is 13.0 Å². The Morgan fingerprint density at radius 2 is 1.88 bits per heavy atom. The van der Waals surface area contributed by atoms with Crippen molar-refractivity contribution in [2.75, 3.05) is 19.8 Å². The largest absolute Gasteiger partial charge is 0.335 e. The van der Waals surface area contributed by atoms with E-state index in [1.807, 2.05) is 0 Å². The van der Waals surface area contributed by atoms with Crippen LogP contribution in [-0.2, 0) is 22.6 Å². The molecule has 1 fully saturated rings. The molecule has 0 atom stereocenters. The maximum atomic E-state index is 12.6. The van der Waals surface area contributed by atoms with Crippen LogP contribution < -0.4 is 0 Å². The number of allylic oxidation sites excluding steroid dienone is 1. The summed E-state index contributed by atoms with van der Waals surface area (Å²) in [5.74, 6) is -1.37. The van der Waals surface area contributed by atoms with Crippen molar-refractivity contribution in [2.45, 2.75) is 45.1 Å². The number of thiophene rings is 1. The number of imide groups is 2. The lowest BCUT2D eigenvalue weighted by Gasteiger charge is -2.29. The van der Waals surface area contributed by atoms with Crippen molar-refractivity contribution in [3.8, 4) is 0 Å². The second-order valence-corrected chi connectivity index (χ2v) is 8.14. The monoisotopic (exact) mass is 373 g/mol. The predicted molar refractivity (Wildman–Crippen MR) is 98.4 cm³/mol. The molecule has 1 saturated heterocycles. The van der Waals surface area contributed by atoms with Crippen molar-refractivity contribution in [3.05, 3.63) is 33.5 Å². The summed E-state index contributed by atoms with van der Waals surface area (Å²) in [6.07, 6.45) is 8.29. The lowest BCUT2D eigenvalue weighted by atomic mass is 9.97. The number of carbonyl (C=O) groups is 3. The van der Waals surface area contributed by atoms with E-state index in [4.69, 9.17) is 0 Å². The summed E-state index contributed by atoms with van der Waals surface area (Å²) in [5, 5.41) is 2.07. The Morgan fingerprint density at radius 3 is 2.69 bits per heavy atom. The molecule has 2 aliphatic heterocycles. The van der Waals surface area contributed by atoms with Crippen molar-refractivity contribution < 1.29 is 14.4 Å². The van der Waals surface area contributed by atoms with Crippen LogP contribution in [0.2, 0.25) is 0 Å². The minimum Gasteiger partial charge on any atom is -0.281 e. The van der Waals surface area contributed by atoms with Gasteiger partial charge in [-0.05, 0) is 55.5 Å². The van der Waals surface area contributed by atoms with Crippen LogP contribution in [0.3, 0.4) is 0 Å². The van der Waals surface area contributed by atoms with Gasteiger partial charge in [0.1, 0.15) is 0 Å². The summed E-state index contributed by atoms with van der Waals surface area (Å²) in [7, 11) is 0. The Bertz CT molecular complexity index is 770. The highest BCUT2D eigenvalue weighted by atomic mass is 32.1. The highest BCUT2D eigenvalue weighted by Crippen LogP contribution is 2.25. The molecule has 0 radical (unpaired) electrons. The SMILES string of the molecule is O=C1C(=O)N(CN2CCc3sccc3C2)C(=O)N1CCC1=CCCCC1. The van der Waals surface area contributed by atoms with Crippen molar-refractivity contribution in [2.24, 2.45) is 0 Å². The molecular weight excluding hydrogens is 350 g/mol. The molecule has 3 heterocycles. The fourth-order valence-corrected chi connectivity index (χ4v) is 4.78. The van der Waals surface area contributed by atoms with Gasteiger partial charge < -0.3 is 0 Å². The van der Waals surface area contributed by atoms with Crippen LogP contribution in [0.4, 0.5) is 4.79 Å². The Morgan fingerprint density at radius 1 is 1.04 bits per heavy atom. The van der Waals surface area contributed by atoms with Crippen LogP contribution in [0.15, 0.2) is 23.1 Å². The lowest BCUT2D eigenvalue weighted by molar-refractivity contribution is -0.144. The Kier molecular flexibility index (Phi) is 4.91. The fraction of sp³-hybridized carbons (Fsp3) is 0.526. The van der Waals surface area contributed by atoms with Gasteiger partial charge in [-0.25, -0.2) is 9.69 Å². The van der Waals surface area contributed by atoms with Gasteiger partial charge in [-0.15, -0.1) is 11.3 Å². The van der Waals surface area contributed by atoms with Crippen molar-refractivity contribution in [1.29, 1.82) is 0 Å². The van der Waals surface area contributed by atoms with E-state index >= 15 is 0 Å². The maximum Gasteiger partial charge on any atom is 0.335 e. The molecule has 1 aromatic heterocycles. The van der Waals surface area contributed by atoms with Crippen LogP contribution in [0.1, 0.15) is 42.5 Å². The average Bonchev–Trinajstić information content (AvgIpc) is 3.20. The van der Waals surface area contributed by atoms with Gasteiger partial charge >= 0.3 is 17.8 Å². The summed E-state index contributed by atoms with van der Waals surface area (Å²) < 4.78 is 0. The normalized spacial score (nSPS) is 21.4. The number of fused-ring (bicyclic) bond motifs is 1. The summed E-state index contributed by atoms with van der Waals surface area (Å²) >= 11 is 1.75. The maximum absolute atomic E-state index is 12.6. The fourth-order valence-electron chi connectivity index (χ4n) is 3.89. The molecule has 4 rings (SSSR count). The van der Waals surface area contributed by atoms with Gasteiger partial charge in [-0.3, -0.25) is 19.4 Å². The zero-order valence-corrected chi connectivity index (χ0v) is 15.6. The first kappa shape index (κ1) is 17.4. The molecule has 0 unspecified atom stereocenters. The molecule has 26 heavy (non-hydrogen) atoms. The molecule has 7 heteroatoms. The highest BCUT2D eigenvalue weighted by molar-refractivity contribution is 7.10. The first-order valence-corrected chi connectivity index (χ1v) is 10.1. The summed E-state index contributed by atoms with van der Waals surface area (Å²) in [6, 6.07) is 1.63. The smallest absolute Gasteiger partial charge is 0.281 e. The molecule has 1 aliphatic carbocycles. The van der Waals surface area contributed by atoms with Gasteiger partial charge in [-0.2, -0.15) is 0 Å². The van der Waals surface area contributed by atoms with E-state index in [-0.39, 0.29) is 6.67 Å². The van der Waals surface area contributed by atoms with Gasteiger partial charge in [0.05, 0.1) is 6.67 Å². The minimum atomic E-state index is -0.691. The molecule has 0 spiro atoms. The van der Waals surface area contributed by atoms with Gasteiger partial charge in [0.25, 0.3) is 0 Å². The topological polar surface area (TPSA) is 60.9 Å². The number of hydrogen-bond acceptors (Lipinski definition) is 5. The second kappa shape index (κ2) is 7.32. The van der Waals surface area contributed by atoms with E-state index in [1.165, 1.54) is 22.4 Å². The van der Waals surface area contributed by atoms with Gasteiger partial charge in [0.2, 0.25) is 0 Å². The van der Waals surface area contributed by atoms with Gasteiger partial charge in [0.15, 0.2) is 0 Å². The first-order valence-electron chi connectivity index (χ1n) is 9.26. The third-order valence-corrected chi connectivity index (χ3v) is 6.43. The summed E-state index contributed by atoms with van der Waals surface area (Å²) in [4.78, 5) is 42.9. The number of urea groups is 1. The molecule has 1 aromatic rings. The van der Waals surface area contributed by atoms with Gasteiger partial charge in [-0.1, -0.05) is 11.6 Å². The van der Waals surface area contributed by atoms with Crippen molar-refractivity contribution in [3.63, 3.8) is 0 Å². The van der Waals surface area contributed by atoms with Crippen LogP contribution in [0, 0.1) is 0 Å². The van der Waals surface area contributed by atoms with Crippen LogP contribution >= 0.6 is 11.3 Å². The average molecular weight is 373 g/mol. The number of carbonyl (C=O) groups excluding carboxylic acids is 3. The molecule has 0 saturated carbocycles. The Hall–Kier alpha value is -1.99. The van der Waals surface area contributed by atoms with Gasteiger partial charge in [0, 0.05) is 24.5 Å². The van der Waals surface area contributed by atoms with E-state index in [1.54, 1.807) is 11.3 Å². The molecule has 0 aromatic carbocycles. The molecule has 0 N–H and O–H groups in total. The molecule has 138 valence electrons. The van der Waals surface area contributed by atoms with E-state index in [9.17, 15) is 14.4 Å². The molecule has 4 amide bonds. The standard InChI is InChI=1S/C19H23N3O3S/c23-17-18(24)22(13-20-9-7-16-15(12-20)8-11-26-16)19(25)21(17)10-6-14-4-2-1-3-5-14/h4,8,11H,1-3,5-7,9-10,12-13H2. The quantitative estimate of drug-likeness (QED) is 0.452. The van der Waals surface area contributed by atoms with E-state index in [0.717, 1.165) is 48.6 Å². The third kappa shape index (κ3) is 3.33. The zero-order chi connectivity index (χ0) is 18.1. The lowest BCUT2D eigenvalue weighted by Crippen LogP contribution is -2.44. The van der Waals surface area contributed by atoms with Crippen molar-refractivity contribution >= 4 is 29.2 Å². The molecular formula is C19H23N3O3S. The second-order valence-electron chi connectivity index (χ2n) is 7.14. The Balaban J connectivity index is 1.38. The minimum absolute atomic E-state index is 0.192. The van der Waals surface area contributed by atoms with E-state index < -0.39 is 17.8 Å². The van der Waals surface area contributed by atoms with Crippen LogP contribution in [-0.4, -0.2) is 52.3 Å². The molecule has 0 bridgehead atoms. The highest BCUT2D eigenvalue weighted by Gasteiger charge is 2.44. The van der Waals surface area contributed by atoms with Crippen LogP contribution in [0.5, 0.6) is 0 Å². The number of nitrogens with zero attached hydrogens (tertiary/aromatic N) is 3. The number of hydrogen-bond donors (Lipinski definition) is 0. The Labute approximate surface area is 157 Å². The first-order chi connectivity index (χ1) is 12.6. The van der Waals surface area contributed by atoms with E-state index in [2.05, 4.69) is 22.4 Å². The predicted octanol–water partition coefficient (Wildman–Crippen LogP) is 2.75. The molecule has 3 aliphatic rings. The molecule has 6 nitrogen and oxygen atoms in total. The van der Waals surface area contributed by atoms with Crippen LogP contribution in [0.25, 0.3) is 0 Å². The van der Waals surface area contributed by atoms with Crippen molar-refractivity contribution in [1.82, 2.24) is 14.7 Å².